The number of oxime groups is 1. The number of aryl methyl sites for hydroxylation is 1. The van der Waals surface area contributed by atoms with Crippen LogP contribution in [0.15, 0.2) is 21.9 Å². The maximum absolute atomic E-state index is 8.90. The fourth-order valence-electron chi connectivity index (χ4n) is 1.96. The van der Waals surface area contributed by atoms with Crippen LogP contribution in [0.1, 0.15) is 31.1 Å². The van der Waals surface area contributed by atoms with E-state index in [-0.39, 0.29) is 0 Å². The summed E-state index contributed by atoms with van der Waals surface area (Å²) in [5.41, 5.74) is 1.78. The summed E-state index contributed by atoms with van der Waals surface area (Å²) < 4.78 is 5.29. The molecule has 70 valence electrons. The molecular weight excluding hydrogens is 166 g/mol. The van der Waals surface area contributed by atoms with E-state index in [4.69, 9.17) is 9.62 Å². The number of nitrogens with zero attached hydrogens (tertiary/aromatic N) is 1. The van der Waals surface area contributed by atoms with Gasteiger partial charge in [0.05, 0.1) is 12.0 Å². The largest absolute Gasteiger partial charge is 0.469 e. The van der Waals surface area contributed by atoms with Gasteiger partial charge < -0.3 is 9.62 Å². The van der Waals surface area contributed by atoms with Gasteiger partial charge in [0.1, 0.15) is 5.76 Å². The molecule has 1 aromatic heterocycles. The van der Waals surface area contributed by atoms with Gasteiger partial charge in [-0.05, 0) is 18.9 Å². The van der Waals surface area contributed by atoms with Crippen molar-refractivity contribution in [3.05, 3.63) is 23.7 Å². The van der Waals surface area contributed by atoms with Crippen LogP contribution in [0.5, 0.6) is 0 Å². The van der Waals surface area contributed by atoms with Crippen molar-refractivity contribution in [3.8, 4) is 0 Å². The quantitative estimate of drug-likeness (QED) is 0.531. The van der Waals surface area contributed by atoms with E-state index in [1.807, 2.05) is 6.07 Å². The Bertz CT molecular complexity index is 327. The van der Waals surface area contributed by atoms with Crippen molar-refractivity contribution in [1.29, 1.82) is 0 Å². The van der Waals surface area contributed by atoms with Gasteiger partial charge in [-0.1, -0.05) is 12.1 Å². The highest BCUT2D eigenvalue weighted by atomic mass is 16.4. The lowest BCUT2D eigenvalue weighted by atomic mass is 9.84. The summed E-state index contributed by atoms with van der Waals surface area (Å²) in [6.45, 7) is 2.11. The lowest BCUT2D eigenvalue weighted by molar-refractivity contribution is 0.312. The number of hydrogen-bond donors (Lipinski definition) is 1. The minimum atomic E-state index is 0.384. The standard InChI is InChI=1S/C10H13NO2/c1-2-7-3-4-9-8(5-6-13-9)10(7)11-12/h5-7,12H,2-4H2,1H3/b11-10+. The van der Waals surface area contributed by atoms with E-state index >= 15 is 0 Å². The van der Waals surface area contributed by atoms with Crippen molar-refractivity contribution in [2.45, 2.75) is 26.2 Å². The maximum Gasteiger partial charge on any atom is 0.112 e. The number of fused-ring (bicyclic) bond motifs is 1. The normalized spacial score (nSPS) is 24.7. The first-order valence-electron chi connectivity index (χ1n) is 4.65. The molecule has 13 heavy (non-hydrogen) atoms. The minimum Gasteiger partial charge on any atom is -0.469 e. The van der Waals surface area contributed by atoms with Crippen LogP contribution in [0.4, 0.5) is 0 Å². The van der Waals surface area contributed by atoms with Gasteiger partial charge in [0.25, 0.3) is 0 Å². The molecule has 2 rings (SSSR count). The first-order chi connectivity index (χ1) is 6.36. The summed E-state index contributed by atoms with van der Waals surface area (Å²) in [5.74, 6) is 1.34. The van der Waals surface area contributed by atoms with Crippen LogP contribution in [-0.2, 0) is 6.42 Å². The Morgan fingerprint density at radius 1 is 1.69 bits per heavy atom. The van der Waals surface area contributed by atoms with Crippen LogP contribution in [0, 0.1) is 5.92 Å². The molecule has 1 N–H and O–H groups in total. The number of furan rings is 1. The van der Waals surface area contributed by atoms with Crippen molar-refractivity contribution in [2.24, 2.45) is 11.1 Å². The SMILES string of the molecule is CCC1CCc2occc2/C1=N/O. The topological polar surface area (TPSA) is 45.7 Å². The van der Waals surface area contributed by atoms with Gasteiger partial charge in [-0.15, -0.1) is 0 Å². The average molecular weight is 179 g/mol. The predicted molar refractivity (Wildman–Crippen MR) is 49.1 cm³/mol. The molecule has 1 unspecified atom stereocenters. The Hall–Kier alpha value is -1.25. The highest BCUT2D eigenvalue weighted by molar-refractivity contribution is 6.03. The average Bonchev–Trinajstić information content (AvgIpc) is 2.63. The van der Waals surface area contributed by atoms with Crippen molar-refractivity contribution >= 4 is 5.71 Å². The van der Waals surface area contributed by atoms with E-state index in [2.05, 4.69) is 12.1 Å². The lowest BCUT2D eigenvalue weighted by Crippen LogP contribution is -2.21. The zero-order valence-electron chi connectivity index (χ0n) is 7.66. The highest BCUT2D eigenvalue weighted by Gasteiger charge is 2.26. The third-order valence-electron chi connectivity index (χ3n) is 2.73. The molecule has 0 aromatic carbocycles. The van der Waals surface area contributed by atoms with E-state index in [9.17, 15) is 0 Å². The monoisotopic (exact) mass is 179 g/mol. The smallest absolute Gasteiger partial charge is 0.112 e. The summed E-state index contributed by atoms with van der Waals surface area (Å²) in [7, 11) is 0. The second kappa shape index (κ2) is 3.24. The molecule has 0 aliphatic heterocycles. The lowest BCUT2D eigenvalue weighted by Gasteiger charge is -2.20. The molecule has 0 fully saturated rings. The zero-order chi connectivity index (χ0) is 9.26. The molecule has 3 nitrogen and oxygen atoms in total. The zero-order valence-corrected chi connectivity index (χ0v) is 7.66. The predicted octanol–water partition coefficient (Wildman–Crippen LogP) is 2.43. The second-order valence-electron chi connectivity index (χ2n) is 3.39. The number of rotatable bonds is 1. The Labute approximate surface area is 77.1 Å². The molecule has 0 saturated carbocycles. The van der Waals surface area contributed by atoms with Crippen molar-refractivity contribution in [3.63, 3.8) is 0 Å². The highest BCUT2D eigenvalue weighted by Crippen LogP contribution is 2.28. The molecular formula is C10H13NO2. The van der Waals surface area contributed by atoms with Crippen molar-refractivity contribution in [2.75, 3.05) is 0 Å². The van der Waals surface area contributed by atoms with E-state index in [0.717, 1.165) is 36.3 Å². The summed E-state index contributed by atoms with van der Waals surface area (Å²) >= 11 is 0. The molecule has 1 atom stereocenters. The fraction of sp³-hybridized carbons (Fsp3) is 0.500. The van der Waals surface area contributed by atoms with Crippen molar-refractivity contribution in [1.82, 2.24) is 0 Å². The third-order valence-corrected chi connectivity index (χ3v) is 2.73. The molecule has 0 saturated heterocycles. The Morgan fingerprint density at radius 2 is 2.54 bits per heavy atom. The minimum absolute atomic E-state index is 0.384. The van der Waals surface area contributed by atoms with Gasteiger partial charge in [-0.3, -0.25) is 0 Å². The van der Waals surface area contributed by atoms with Gasteiger partial charge in [0, 0.05) is 17.9 Å². The summed E-state index contributed by atoms with van der Waals surface area (Å²) in [5, 5.41) is 12.3. The van der Waals surface area contributed by atoms with Crippen LogP contribution >= 0.6 is 0 Å². The van der Waals surface area contributed by atoms with E-state index in [1.54, 1.807) is 6.26 Å². The summed E-state index contributed by atoms with van der Waals surface area (Å²) in [6, 6.07) is 1.88. The van der Waals surface area contributed by atoms with E-state index in [0.29, 0.717) is 5.92 Å². The third kappa shape index (κ3) is 1.24. The van der Waals surface area contributed by atoms with Crippen LogP contribution in [0.25, 0.3) is 0 Å². The molecule has 0 spiro atoms. The molecule has 1 aromatic rings. The molecule has 0 amide bonds. The van der Waals surface area contributed by atoms with Crippen LogP contribution in [0.2, 0.25) is 0 Å². The molecule has 3 heteroatoms. The fourth-order valence-corrected chi connectivity index (χ4v) is 1.96. The summed E-state index contributed by atoms with van der Waals surface area (Å²) in [4.78, 5) is 0. The van der Waals surface area contributed by atoms with Gasteiger partial charge in [-0.2, -0.15) is 0 Å². The van der Waals surface area contributed by atoms with Gasteiger partial charge in [0.2, 0.25) is 0 Å². The van der Waals surface area contributed by atoms with Crippen LogP contribution < -0.4 is 0 Å². The molecule has 1 aliphatic rings. The first-order valence-corrected chi connectivity index (χ1v) is 4.65. The van der Waals surface area contributed by atoms with Gasteiger partial charge in [-0.25, -0.2) is 0 Å². The Kier molecular flexibility index (Phi) is 2.08. The van der Waals surface area contributed by atoms with Gasteiger partial charge >= 0.3 is 0 Å². The second-order valence-corrected chi connectivity index (χ2v) is 3.39. The molecule has 1 aliphatic carbocycles. The van der Waals surface area contributed by atoms with Crippen LogP contribution in [0.3, 0.4) is 0 Å². The molecule has 0 bridgehead atoms. The Balaban J connectivity index is 2.41. The number of hydrogen-bond acceptors (Lipinski definition) is 3. The summed E-state index contributed by atoms with van der Waals surface area (Å²) in [6.07, 6.45) is 4.66. The molecule has 0 radical (unpaired) electrons. The van der Waals surface area contributed by atoms with E-state index in [1.165, 1.54) is 0 Å². The maximum atomic E-state index is 8.90. The Morgan fingerprint density at radius 3 is 3.23 bits per heavy atom. The van der Waals surface area contributed by atoms with Crippen molar-refractivity contribution < 1.29 is 9.62 Å². The van der Waals surface area contributed by atoms with Gasteiger partial charge in [0.15, 0.2) is 0 Å². The van der Waals surface area contributed by atoms with Crippen LogP contribution in [-0.4, -0.2) is 10.9 Å². The first kappa shape index (κ1) is 8.35. The molecule has 1 heterocycles. The van der Waals surface area contributed by atoms with E-state index < -0.39 is 0 Å².